The smallest absolute Gasteiger partial charge is 0.365 e. The Kier molecular flexibility index (Phi) is 11.3. The number of hydrogen-bond donors (Lipinski definition) is 3. The number of anilines is 4. The second-order valence-electron chi connectivity index (χ2n) is 15.2. The number of nitrogens with one attached hydrogen (secondary N) is 3. The zero-order valence-electron chi connectivity index (χ0n) is 30.3. The molecule has 16 heteroatoms. The Labute approximate surface area is 321 Å². The third kappa shape index (κ3) is 8.90. The van der Waals surface area contributed by atoms with Crippen LogP contribution < -0.4 is 25.2 Å². The molecule has 4 fully saturated rings. The van der Waals surface area contributed by atoms with Gasteiger partial charge in [-0.1, -0.05) is 24.6 Å². The van der Waals surface area contributed by atoms with Gasteiger partial charge in [-0.05, 0) is 111 Å². The van der Waals surface area contributed by atoms with E-state index in [1.165, 1.54) is 11.9 Å². The molecule has 4 aliphatic rings. The highest BCUT2D eigenvalue weighted by Gasteiger charge is 2.45. The van der Waals surface area contributed by atoms with E-state index in [1.807, 2.05) is 49.1 Å². The van der Waals surface area contributed by atoms with E-state index in [1.54, 1.807) is 11.0 Å². The fourth-order valence-corrected chi connectivity index (χ4v) is 9.10. The second-order valence-corrected chi connectivity index (χ2v) is 16.5. The van der Waals surface area contributed by atoms with Gasteiger partial charge in [0, 0.05) is 59.6 Å². The van der Waals surface area contributed by atoms with Gasteiger partial charge in [0.25, 0.3) is 0 Å². The van der Waals surface area contributed by atoms with Crippen LogP contribution in [0.1, 0.15) is 68.1 Å². The molecule has 3 N–H and O–H groups in total. The van der Waals surface area contributed by atoms with Gasteiger partial charge >= 0.3 is 6.18 Å². The van der Waals surface area contributed by atoms with Gasteiger partial charge in [0.1, 0.15) is 11.4 Å². The lowest BCUT2D eigenvalue weighted by atomic mass is 9.89. The first-order valence-electron chi connectivity index (χ1n) is 18.5. The maximum Gasteiger partial charge on any atom is 0.421 e. The number of amides is 2. The van der Waals surface area contributed by atoms with E-state index in [-0.39, 0.29) is 55.1 Å². The molecule has 0 saturated carbocycles. The van der Waals surface area contributed by atoms with Gasteiger partial charge in [0.2, 0.25) is 17.8 Å². The lowest BCUT2D eigenvalue weighted by Gasteiger charge is -2.48. The lowest BCUT2D eigenvalue weighted by Crippen LogP contribution is -2.64. The summed E-state index contributed by atoms with van der Waals surface area (Å²) in [4.78, 5) is 39.0. The number of rotatable bonds is 10. The van der Waals surface area contributed by atoms with Crippen molar-refractivity contribution in [2.75, 3.05) is 60.9 Å². The van der Waals surface area contributed by atoms with E-state index in [9.17, 15) is 22.8 Å². The summed E-state index contributed by atoms with van der Waals surface area (Å²) >= 11 is 8.08. The summed E-state index contributed by atoms with van der Waals surface area (Å²) in [5.41, 5.74) is 0.971. The van der Waals surface area contributed by atoms with Crippen molar-refractivity contribution < 1.29 is 27.2 Å². The number of piperidine rings is 3. The van der Waals surface area contributed by atoms with Crippen LogP contribution in [0.15, 0.2) is 47.5 Å². The predicted octanol–water partition coefficient (Wildman–Crippen LogP) is 7.25. The van der Waals surface area contributed by atoms with E-state index in [4.69, 9.17) is 11.6 Å². The van der Waals surface area contributed by atoms with Gasteiger partial charge < -0.3 is 15.1 Å². The maximum absolute atomic E-state index is 15.8. The minimum Gasteiger partial charge on any atom is -0.365 e. The maximum atomic E-state index is 15.8. The fourth-order valence-electron chi connectivity index (χ4n) is 7.88. The summed E-state index contributed by atoms with van der Waals surface area (Å²) < 4.78 is 60.9. The van der Waals surface area contributed by atoms with Gasteiger partial charge in [-0.15, -0.1) is 0 Å². The number of aromatic nitrogens is 2. The van der Waals surface area contributed by atoms with Crippen LogP contribution in [0.25, 0.3) is 0 Å². The monoisotopic (exact) mass is 788 g/mol. The number of alkyl halides is 4. The van der Waals surface area contributed by atoms with Gasteiger partial charge in [0.05, 0.1) is 19.0 Å². The Morgan fingerprint density at radius 2 is 1.81 bits per heavy atom. The van der Waals surface area contributed by atoms with Crippen LogP contribution in [0.5, 0.6) is 0 Å². The number of aryl methyl sites for hydroxylation is 1. The van der Waals surface area contributed by atoms with Crippen LogP contribution in [-0.4, -0.2) is 84.2 Å². The number of imide groups is 1. The number of carbonyl (C=O) groups excluding carboxylic acids is 2. The molecule has 5 heterocycles. The van der Waals surface area contributed by atoms with Gasteiger partial charge in [-0.2, -0.15) is 18.2 Å². The number of nitrogens with zero attached hydrogens (tertiary/aromatic N) is 5. The van der Waals surface area contributed by atoms with E-state index >= 15 is 4.39 Å². The first-order chi connectivity index (χ1) is 25.7. The minimum atomic E-state index is -4.55. The summed E-state index contributed by atoms with van der Waals surface area (Å²) in [6.07, 6.45) is 0.585. The molecule has 4 aliphatic heterocycles. The zero-order chi connectivity index (χ0) is 38.2. The molecular weight excluding hydrogens is 744 g/mol. The first kappa shape index (κ1) is 38.6. The molecule has 4 saturated heterocycles. The van der Waals surface area contributed by atoms with Gasteiger partial charge in [-0.3, -0.25) is 24.5 Å². The van der Waals surface area contributed by atoms with Crippen molar-refractivity contribution >= 4 is 58.5 Å². The average Bonchev–Trinajstić information content (AvgIpc) is 3.11. The largest absolute Gasteiger partial charge is 0.421 e. The number of carbonyl (C=O) groups is 2. The normalized spacial score (nSPS) is 22.6. The zero-order valence-corrected chi connectivity index (χ0v) is 31.9. The molecule has 0 radical (unpaired) electrons. The van der Waals surface area contributed by atoms with E-state index in [2.05, 4.69) is 30.2 Å². The van der Waals surface area contributed by atoms with Gasteiger partial charge in [-0.25, -0.2) is 9.37 Å². The summed E-state index contributed by atoms with van der Waals surface area (Å²) in [5, 5.41) is 5.94. The molecule has 1 aromatic heterocycles. The van der Waals surface area contributed by atoms with Crippen molar-refractivity contribution in [1.29, 1.82) is 0 Å². The van der Waals surface area contributed by atoms with Crippen molar-refractivity contribution in [3.63, 3.8) is 0 Å². The minimum absolute atomic E-state index is 0.0796. The molecule has 54 heavy (non-hydrogen) atoms. The molecular formula is C38H45ClF4N8O2S. The average molecular weight is 789 g/mol. The van der Waals surface area contributed by atoms with Crippen LogP contribution in [0.3, 0.4) is 0 Å². The summed E-state index contributed by atoms with van der Waals surface area (Å²) in [6.45, 7) is 7.48. The van der Waals surface area contributed by atoms with E-state index in [0.29, 0.717) is 42.3 Å². The quantitative estimate of drug-likeness (QED) is 0.111. The van der Waals surface area contributed by atoms with Crippen molar-refractivity contribution in [3.8, 4) is 0 Å². The van der Waals surface area contributed by atoms with Crippen molar-refractivity contribution in [2.45, 2.75) is 81.1 Å². The number of likely N-dealkylation sites (tertiary alicyclic amines) is 1. The standard InChI is InChI=1S/C38H45ClF4N8O2S/c1-23-4-3-13-50(19-23)34-30(38(41,42)43)18-44-36(47-34)45-32-9-6-27(16-24(32)2)54-48-25-11-14-49(15-12-25)20-37(40)21-51(22-37)26-5-7-28(31(39)17-26)29-8-10-33(52)46-35(29)53/h5-7,9,16-18,23,25,29,48H,3-4,8,10-15,19-22H2,1-2H3,(H,44,45,47)(H,46,52,53). The van der Waals surface area contributed by atoms with Crippen LogP contribution >= 0.6 is 23.5 Å². The first-order valence-corrected chi connectivity index (χ1v) is 19.7. The number of benzene rings is 2. The Hall–Kier alpha value is -3.66. The SMILES string of the molecule is Cc1cc(SNC2CCN(CC3(F)CN(c4ccc(C5CCC(=O)NC5=O)c(Cl)c4)C3)CC2)ccc1Nc1ncc(C(F)(F)F)c(N2CCCC(C)C2)n1. The predicted molar refractivity (Wildman–Crippen MR) is 203 cm³/mol. The highest BCUT2D eigenvalue weighted by molar-refractivity contribution is 7.97. The number of halogens is 5. The molecule has 2 aromatic carbocycles. The molecule has 7 rings (SSSR count). The number of hydrogen-bond acceptors (Lipinski definition) is 10. The Balaban J connectivity index is 0.866. The van der Waals surface area contributed by atoms with Crippen LogP contribution in [0, 0.1) is 12.8 Å². The van der Waals surface area contributed by atoms with E-state index in [0.717, 1.165) is 61.1 Å². The molecule has 3 aromatic rings. The fraction of sp³-hybridized carbons (Fsp3) is 0.526. The van der Waals surface area contributed by atoms with E-state index < -0.39 is 23.3 Å². The van der Waals surface area contributed by atoms with Crippen LogP contribution in [0.2, 0.25) is 5.02 Å². The highest BCUT2D eigenvalue weighted by atomic mass is 35.5. The molecule has 2 amide bonds. The molecule has 0 spiro atoms. The second kappa shape index (κ2) is 15.8. The van der Waals surface area contributed by atoms with Crippen molar-refractivity contribution in [3.05, 3.63) is 64.3 Å². The molecule has 10 nitrogen and oxygen atoms in total. The van der Waals surface area contributed by atoms with Crippen LogP contribution in [0.4, 0.5) is 40.7 Å². The molecule has 0 bridgehead atoms. The highest BCUT2D eigenvalue weighted by Crippen LogP contribution is 2.39. The Bertz CT molecular complexity index is 1870. The summed E-state index contributed by atoms with van der Waals surface area (Å²) in [5.74, 6) is -0.745. The summed E-state index contributed by atoms with van der Waals surface area (Å²) in [6, 6.07) is 11.6. The third-order valence-electron chi connectivity index (χ3n) is 10.8. The summed E-state index contributed by atoms with van der Waals surface area (Å²) in [7, 11) is 0. The molecule has 2 unspecified atom stereocenters. The Morgan fingerprint density at radius 1 is 1.04 bits per heavy atom. The van der Waals surface area contributed by atoms with Crippen molar-refractivity contribution in [2.24, 2.45) is 5.92 Å². The molecule has 0 aliphatic carbocycles. The van der Waals surface area contributed by atoms with Gasteiger partial charge in [0.15, 0.2) is 5.67 Å². The van der Waals surface area contributed by atoms with Crippen LogP contribution in [-0.2, 0) is 15.8 Å². The Morgan fingerprint density at radius 3 is 2.50 bits per heavy atom. The third-order valence-corrected chi connectivity index (χ3v) is 12.1. The topological polar surface area (TPSA) is 106 Å². The lowest BCUT2D eigenvalue weighted by molar-refractivity contribution is -0.138. The molecule has 290 valence electrons. The molecule has 2 atom stereocenters. The van der Waals surface area contributed by atoms with Crippen molar-refractivity contribution in [1.82, 2.24) is 24.9 Å².